The maximum absolute atomic E-state index is 4.79. The van der Waals surface area contributed by atoms with Gasteiger partial charge in [0.2, 0.25) is 0 Å². The van der Waals surface area contributed by atoms with E-state index < -0.39 is 0 Å². The number of benzene rings is 1. The van der Waals surface area contributed by atoms with Crippen molar-refractivity contribution in [1.29, 1.82) is 0 Å². The first-order valence-corrected chi connectivity index (χ1v) is 10.1. The van der Waals surface area contributed by atoms with Crippen LogP contribution in [0.5, 0.6) is 0 Å². The number of piperidine rings is 1. The normalized spacial score (nSPS) is 19.8. The predicted octanol–water partition coefficient (Wildman–Crippen LogP) is 2.97. The second kappa shape index (κ2) is 9.23. The summed E-state index contributed by atoms with van der Waals surface area (Å²) in [6.45, 7) is 8.57. The van der Waals surface area contributed by atoms with Gasteiger partial charge in [-0.3, -0.25) is 4.99 Å². The minimum Gasteiger partial charge on any atom is -0.357 e. The minimum absolute atomic E-state index is 0.566. The van der Waals surface area contributed by atoms with Crippen molar-refractivity contribution >= 4 is 5.96 Å². The van der Waals surface area contributed by atoms with E-state index in [0.29, 0.717) is 6.04 Å². The van der Waals surface area contributed by atoms with Crippen molar-refractivity contribution in [2.24, 2.45) is 4.99 Å². The van der Waals surface area contributed by atoms with Gasteiger partial charge in [0.05, 0.1) is 0 Å². The Morgan fingerprint density at radius 2 is 1.72 bits per heavy atom. The Morgan fingerprint density at radius 3 is 2.32 bits per heavy atom. The van der Waals surface area contributed by atoms with E-state index in [1.807, 2.05) is 0 Å². The first kappa shape index (κ1) is 18.2. The molecule has 0 radical (unpaired) electrons. The standard InChI is InChI=1S/C21H34N4/c1-3-17-5-7-18(8-6-17)11-14-23-21(22-4-2)24-19-12-15-25(16-13-19)20-9-10-20/h5-8,19-20H,3-4,9-16H2,1-2H3,(H2,22,23,24). The van der Waals surface area contributed by atoms with Crippen LogP contribution in [0, 0.1) is 0 Å². The minimum atomic E-state index is 0.566. The second-order valence-electron chi connectivity index (χ2n) is 7.37. The number of nitrogens with zero attached hydrogens (tertiary/aromatic N) is 2. The molecule has 0 bridgehead atoms. The van der Waals surface area contributed by atoms with Crippen molar-refractivity contribution in [3.63, 3.8) is 0 Å². The highest BCUT2D eigenvalue weighted by molar-refractivity contribution is 5.80. The Labute approximate surface area is 153 Å². The molecule has 1 heterocycles. The summed E-state index contributed by atoms with van der Waals surface area (Å²) < 4.78 is 0. The molecular weight excluding hydrogens is 308 g/mol. The molecule has 25 heavy (non-hydrogen) atoms. The molecule has 1 aromatic rings. The molecule has 0 atom stereocenters. The fourth-order valence-electron chi connectivity index (χ4n) is 3.60. The number of guanidine groups is 1. The second-order valence-corrected chi connectivity index (χ2v) is 7.37. The van der Waals surface area contributed by atoms with E-state index in [1.54, 1.807) is 0 Å². The molecule has 4 heteroatoms. The summed E-state index contributed by atoms with van der Waals surface area (Å²) in [5.74, 6) is 0.984. The fourth-order valence-corrected chi connectivity index (χ4v) is 3.60. The SMILES string of the molecule is CCNC(=NCCc1ccc(CC)cc1)NC1CCN(C2CC2)CC1. The predicted molar refractivity (Wildman–Crippen MR) is 106 cm³/mol. The summed E-state index contributed by atoms with van der Waals surface area (Å²) in [4.78, 5) is 7.46. The van der Waals surface area contributed by atoms with Crippen LogP contribution >= 0.6 is 0 Å². The Hall–Kier alpha value is -1.55. The molecule has 1 aliphatic carbocycles. The zero-order valence-corrected chi connectivity index (χ0v) is 15.9. The maximum atomic E-state index is 4.79. The monoisotopic (exact) mass is 342 g/mol. The highest BCUT2D eigenvalue weighted by atomic mass is 15.2. The van der Waals surface area contributed by atoms with Crippen LogP contribution in [0.25, 0.3) is 0 Å². The lowest BCUT2D eigenvalue weighted by Crippen LogP contribution is -2.49. The fraction of sp³-hybridized carbons (Fsp3) is 0.667. The Bertz CT molecular complexity index is 540. The van der Waals surface area contributed by atoms with E-state index in [4.69, 9.17) is 4.99 Å². The molecule has 1 aliphatic heterocycles. The van der Waals surface area contributed by atoms with Crippen LogP contribution in [0.4, 0.5) is 0 Å². The van der Waals surface area contributed by atoms with Gasteiger partial charge in [-0.05, 0) is 56.6 Å². The number of likely N-dealkylation sites (tertiary alicyclic amines) is 1. The van der Waals surface area contributed by atoms with Gasteiger partial charge in [-0.1, -0.05) is 31.2 Å². The third kappa shape index (κ3) is 5.74. The van der Waals surface area contributed by atoms with Crippen molar-refractivity contribution < 1.29 is 0 Å². The van der Waals surface area contributed by atoms with Crippen molar-refractivity contribution in [2.45, 2.75) is 64.5 Å². The lowest BCUT2D eigenvalue weighted by molar-refractivity contribution is 0.197. The molecule has 2 N–H and O–H groups in total. The van der Waals surface area contributed by atoms with E-state index in [1.165, 1.54) is 49.9 Å². The topological polar surface area (TPSA) is 39.7 Å². The Kier molecular flexibility index (Phi) is 6.74. The van der Waals surface area contributed by atoms with E-state index in [2.05, 4.69) is 53.6 Å². The van der Waals surface area contributed by atoms with Gasteiger partial charge < -0.3 is 15.5 Å². The van der Waals surface area contributed by atoms with E-state index in [0.717, 1.165) is 37.9 Å². The van der Waals surface area contributed by atoms with Gasteiger partial charge in [-0.15, -0.1) is 0 Å². The van der Waals surface area contributed by atoms with Crippen molar-refractivity contribution in [1.82, 2.24) is 15.5 Å². The van der Waals surface area contributed by atoms with E-state index in [9.17, 15) is 0 Å². The summed E-state index contributed by atoms with van der Waals surface area (Å²) in [5.41, 5.74) is 2.77. The molecule has 1 aromatic carbocycles. The number of aliphatic imine (C=N–C) groups is 1. The van der Waals surface area contributed by atoms with Crippen LogP contribution in [0.1, 0.15) is 50.7 Å². The van der Waals surface area contributed by atoms with Crippen LogP contribution < -0.4 is 10.6 Å². The highest BCUT2D eigenvalue weighted by Crippen LogP contribution is 2.29. The molecule has 0 amide bonds. The lowest BCUT2D eigenvalue weighted by atomic mass is 10.1. The molecule has 3 rings (SSSR count). The van der Waals surface area contributed by atoms with Crippen LogP contribution in [-0.4, -0.2) is 49.1 Å². The van der Waals surface area contributed by atoms with Gasteiger partial charge in [-0.2, -0.15) is 0 Å². The van der Waals surface area contributed by atoms with E-state index >= 15 is 0 Å². The largest absolute Gasteiger partial charge is 0.357 e. The molecular formula is C21H34N4. The molecule has 1 saturated carbocycles. The number of nitrogens with one attached hydrogen (secondary N) is 2. The third-order valence-corrected chi connectivity index (χ3v) is 5.38. The summed E-state index contributed by atoms with van der Waals surface area (Å²) in [6, 6.07) is 10.4. The van der Waals surface area contributed by atoms with Crippen molar-refractivity contribution in [3.05, 3.63) is 35.4 Å². The molecule has 2 aliphatic rings. The zero-order chi connectivity index (χ0) is 17.5. The maximum Gasteiger partial charge on any atom is 0.191 e. The van der Waals surface area contributed by atoms with Gasteiger partial charge in [0.15, 0.2) is 5.96 Å². The summed E-state index contributed by atoms with van der Waals surface area (Å²) >= 11 is 0. The highest BCUT2D eigenvalue weighted by Gasteiger charge is 2.31. The van der Waals surface area contributed by atoms with Crippen molar-refractivity contribution in [3.8, 4) is 0 Å². The molecule has 0 aromatic heterocycles. The Morgan fingerprint density at radius 1 is 1.04 bits per heavy atom. The van der Waals surface area contributed by atoms with Crippen LogP contribution in [0.2, 0.25) is 0 Å². The van der Waals surface area contributed by atoms with Crippen LogP contribution in [0.3, 0.4) is 0 Å². The number of rotatable bonds is 7. The molecule has 138 valence electrons. The van der Waals surface area contributed by atoms with Crippen LogP contribution in [-0.2, 0) is 12.8 Å². The number of aryl methyl sites for hydroxylation is 1. The quantitative estimate of drug-likeness (QED) is 0.591. The van der Waals surface area contributed by atoms with Crippen LogP contribution in [0.15, 0.2) is 29.3 Å². The molecule has 0 unspecified atom stereocenters. The van der Waals surface area contributed by atoms with Gasteiger partial charge >= 0.3 is 0 Å². The molecule has 2 fully saturated rings. The third-order valence-electron chi connectivity index (χ3n) is 5.38. The summed E-state index contributed by atoms with van der Waals surface area (Å²) in [7, 11) is 0. The first-order valence-electron chi connectivity index (χ1n) is 10.1. The van der Waals surface area contributed by atoms with Gasteiger partial charge in [0, 0.05) is 38.3 Å². The zero-order valence-electron chi connectivity index (χ0n) is 15.9. The molecule has 0 spiro atoms. The molecule has 1 saturated heterocycles. The van der Waals surface area contributed by atoms with E-state index in [-0.39, 0.29) is 0 Å². The average molecular weight is 343 g/mol. The van der Waals surface area contributed by atoms with Crippen molar-refractivity contribution in [2.75, 3.05) is 26.2 Å². The Balaban J connectivity index is 1.45. The van der Waals surface area contributed by atoms with Gasteiger partial charge in [0.1, 0.15) is 0 Å². The lowest BCUT2D eigenvalue weighted by Gasteiger charge is -2.33. The smallest absolute Gasteiger partial charge is 0.191 e. The van der Waals surface area contributed by atoms with Gasteiger partial charge in [-0.25, -0.2) is 0 Å². The van der Waals surface area contributed by atoms with Gasteiger partial charge in [0.25, 0.3) is 0 Å². The summed E-state index contributed by atoms with van der Waals surface area (Å²) in [5, 5.41) is 7.06. The number of hydrogen-bond donors (Lipinski definition) is 2. The summed E-state index contributed by atoms with van der Waals surface area (Å²) in [6.07, 6.45) is 7.41. The average Bonchev–Trinajstić information content (AvgIpc) is 3.48. The molecule has 4 nitrogen and oxygen atoms in total. The number of hydrogen-bond acceptors (Lipinski definition) is 2. The first-order chi connectivity index (χ1) is 12.3.